The summed E-state index contributed by atoms with van der Waals surface area (Å²) in [6.07, 6.45) is -0.782. The Morgan fingerprint density at radius 2 is 1.84 bits per heavy atom. The van der Waals surface area contributed by atoms with Crippen molar-refractivity contribution in [2.24, 2.45) is 0 Å². The van der Waals surface area contributed by atoms with Crippen molar-refractivity contribution in [2.45, 2.75) is 19.1 Å². The Hall–Kier alpha value is -1.36. The fourth-order valence-corrected chi connectivity index (χ4v) is 3.26. The molecule has 2 aliphatic rings. The lowest BCUT2D eigenvalue weighted by Crippen LogP contribution is -2.52. The van der Waals surface area contributed by atoms with E-state index in [4.69, 9.17) is 9.47 Å². The fraction of sp³-hybridized carbons (Fsp3) is 0.500. The first kappa shape index (κ1) is 12.7. The second-order valence-electron chi connectivity index (χ2n) is 4.75. The van der Waals surface area contributed by atoms with Gasteiger partial charge in [-0.15, -0.1) is 0 Å². The van der Waals surface area contributed by atoms with Crippen molar-refractivity contribution in [3.63, 3.8) is 0 Å². The molecule has 2 atom stereocenters. The van der Waals surface area contributed by atoms with Crippen molar-refractivity contribution in [3.05, 3.63) is 24.3 Å². The van der Waals surface area contributed by atoms with Gasteiger partial charge in [0.1, 0.15) is 6.10 Å². The van der Waals surface area contributed by atoms with Crippen molar-refractivity contribution in [1.82, 2.24) is 4.90 Å². The average molecular weight is 279 g/mol. The maximum Gasteiger partial charge on any atom is 0.267 e. The number of hydrogen-bond donors (Lipinski definition) is 0. The zero-order valence-corrected chi connectivity index (χ0v) is 11.7. The number of hydrogen-bond acceptors (Lipinski definition) is 4. The van der Waals surface area contributed by atoms with E-state index in [2.05, 4.69) is 0 Å². The number of nitrogens with zero attached hydrogens (tertiary/aromatic N) is 1. The first-order valence-electron chi connectivity index (χ1n) is 6.54. The van der Waals surface area contributed by atoms with Gasteiger partial charge in [0.05, 0.1) is 0 Å². The summed E-state index contributed by atoms with van der Waals surface area (Å²) in [5.74, 6) is 3.43. The highest BCUT2D eigenvalue weighted by atomic mass is 32.2. The van der Waals surface area contributed by atoms with Crippen molar-refractivity contribution in [1.29, 1.82) is 0 Å². The summed E-state index contributed by atoms with van der Waals surface area (Å²) in [6, 6.07) is 7.49. The summed E-state index contributed by atoms with van der Waals surface area (Å²) in [7, 11) is 0. The molecule has 1 amide bonds. The van der Waals surface area contributed by atoms with Crippen LogP contribution < -0.4 is 9.47 Å². The van der Waals surface area contributed by atoms with E-state index >= 15 is 0 Å². The number of benzene rings is 1. The lowest BCUT2D eigenvalue weighted by Gasteiger charge is -2.35. The van der Waals surface area contributed by atoms with Crippen molar-refractivity contribution >= 4 is 17.7 Å². The van der Waals surface area contributed by atoms with Crippen LogP contribution in [0.2, 0.25) is 0 Å². The average Bonchev–Trinajstić information content (AvgIpc) is 2.47. The Morgan fingerprint density at radius 3 is 2.53 bits per heavy atom. The third kappa shape index (κ3) is 2.52. The smallest absolute Gasteiger partial charge is 0.267 e. The number of rotatable bonds is 1. The zero-order valence-electron chi connectivity index (χ0n) is 10.9. The Kier molecular flexibility index (Phi) is 3.55. The third-order valence-corrected chi connectivity index (χ3v) is 4.35. The van der Waals surface area contributed by atoms with Crippen LogP contribution >= 0.6 is 11.8 Å². The largest absolute Gasteiger partial charge is 0.482 e. The standard InChI is InChI=1S/C14H17NO3S/c1-10-13(14(16)15-6-8-19-9-7-15)18-12-5-3-2-4-11(12)17-10/h2-5,10,13H,6-9H2,1H3/t10-,13-/m0/s1. The Balaban J connectivity index is 1.76. The SMILES string of the molecule is C[C@@H]1Oc2ccccc2O[C@@H]1C(=O)N1CCSCC1. The molecule has 2 aliphatic heterocycles. The minimum Gasteiger partial charge on any atom is -0.482 e. The molecule has 0 bridgehead atoms. The first-order chi connectivity index (χ1) is 9.25. The predicted molar refractivity (Wildman–Crippen MR) is 74.9 cm³/mol. The van der Waals surface area contributed by atoms with E-state index in [1.165, 1.54) is 0 Å². The van der Waals surface area contributed by atoms with Crippen molar-refractivity contribution in [2.75, 3.05) is 24.6 Å². The molecule has 0 aliphatic carbocycles. The molecular formula is C14H17NO3S. The lowest BCUT2D eigenvalue weighted by molar-refractivity contribution is -0.144. The fourth-order valence-electron chi connectivity index (χ4n) is 2.35. The van der Waals surface area contributed by atoms with Gasteiger partial charge >= 0.3 is 0 Å². The van der Waals surface area contributed by atoms with Crippen molar-refractivity contribution < 1.29 is 14.3 Å². The van der Waals surface area contributed by atoms with Gasteiger partial charge in [0.25, 0.3) is 5.91 Å². The van der Waals surface area contributed by atoms with Gasteiger partial charge in [-0.05, 0) is 19.1 Å². The van der Waals surface area contributed by atoms with Gasteiger partial charge in [-0.3, -0.25) is 4.79 Å². The molecule has 1 fully saturated rings. The van der Waals surface area contributed by atoms with E-state index in [-0.39, 0.29) is 12.0 Å². The maximum absolute atomic E-state index is 12.5. The molecule has 0 aromatic heterocycles. The normalized spacial score (nSPS) is 26.1. The summed E-state index contributed by atoms with van der Waals surface area (Å²) in [5.41, 5.74) is 0. The summed E-state index contributed by atoms with van der Waals surface area (Å²) >= 11 is 1.89. The maximum atomic E-state index is 12.5. The van der Waals surface area contributed by atoms with Crippen LogP contribution in [0.4, 0.5) is 0 Å². The van der Waals surface area contributed by atoms with Crippen LogP contribution in [-0.2, 0) is 4.79 Å². The van der Waals surface area contributed by atoms with E-state index in [0.717, 1.165) is 24.6 Å². The van der Waals surface area contributed by atoms with Gasteiger partial charge in [-0.1, -0.05) is 12.1 Å². The minimum absolute atomic E-state index is 0.0438. The quantitative estimate of drug-likeness (QED) is 0.785. The summed E-state index contributed by atoms with van der Waals surface area (Å²) in [4.78, 5) is 14.4. The van der Waals surface area contributed by atoms with Gasteiger partial charge in [0, 0.05) is 24.6 Å². The molecule has 0 radical (unpaired) electrons. The highest BCUT2D eigenvalue weighted by Gasteiger charge is 2.37. The van der Waals surface area contributed by atoms with Gasteiger partial charge in [-0.2, -0.15) is 11.8 Å². The molecule has 19 heavy (non-hydrogen) atoms. The van der Waals surface area contributed by atoms with Crippen LogP contribution in [0.1, 0.15) is 6.92 Å². The van der Waals surface area contributed by atoms with E-state index in [1.807, 2.05) is 47.9 Å². The highest BCUT2D eigenvalue weighted by Crippen LogP contribution is 2.34. The Bertz CT molecular complexity index is 474. The monoisotopic (exact) mass is 279 g/mol. The zero-order chi connectivity index (χ0) is 13.2. The van der Waals surface area contributed by atoms with E-state index < -0.39 is 6.10 Å². The molecule has 3 rings (SSSR count). The van der Waals surface area contributed by atoms with Crippen molar-refractivity contribution in [3.8, 4) is 11.5 Å². The number of ether oxygens (including phenoxy) is 2. The molecule has 5 heteroatoms. The molecule has 1 aromatic rings. The molecule has 0 saturated carbocycles. The summed E-state index contributed by atoms with van der Waals surface area (Å²) < 4.78 is 11.6. The van der Waals surface area contributed by atoms with Crippen LogP contribution in [-0.4, -0.2) is 47.6 Å². The molecule has 102 valence electrons. The Labute approximate surface area is 117 Å². The predicted octanol–water partition coefficient (Wildman–Crippen LogP) is 1.79. The van der Waals surface area contributed by atoms with Gasteiger partial charge in [0.15, 0.2) is 11.5 Å². The highest BCUT2D eigenvalue weighted by molar-refractivity contribution is 7.99. The van der Waals surface area contributed by atoms with Gasteiger partial charge in [-0.25, -0.2) is 0 Å². The number of thioether (sulfide) groups is 1. The van der Waals surface area contributed by atoms with E-state index in [9.17, 15) is 4.79 Å². The third-order valence-electron chi connectivity index (χ3n) is 3.41. The summed E-state index contributed by atoms with van der Waals surface area (Å²) in [6.45, 7) is 3.49. The lowest BCUT2D eigenvalue weighted by atomic mass is 10.1. The number of amides is 1. The van der Waals surface area contributed by atoms with Crippen LogP contribution in [0.25, 0.3) is 0 Å². The molecule has 2 heterocycles. The van der Waals surface area contributed by atoms with Crippen LogP contribution in [0, 0.1) is 0 Å². The number of carbonyl (C=O) groups is 1. The second kappa shape index (κ2) is 5.33. The Morgan fingerprint density at radius 1 is 1.21 bits per heavy atom. The molecule has 0 spiro atoms. The van der Waals surface area contributed by atoms with Crippen LogP contribution in [0.5, 0.6) is 11.5 Å². The number of fused-ring (bicyclic) bond motifs is 1. The molecular weight excluding hydrogens is 262 g/mol. The van der Waals surface area contributed by atoms with Crippen LogP contribution in [0.3, 0.4) is 0 Å². The van der Waals surface area contributed by atoms with E-state index in [0.29, 0.717) is 11.5 Å². The molecule has 0 N–H and O–H groups in total. The molecule has 1 aromatic carbocycles. The van der Waals surface area contributed by atoms with Gasteiger partial charge in [0.2, 0.25) is 6.10 Å². The first-order valence-corrected chi connectivity index (χ1v) is 7.70. The topological polar surface area (TPSA) is 38.8 Å². The number of para-hydroxylation sites is 2. The molecule has 0 unspecified atom stereocenters. The van der Waals surface area contributed by atoms with Gasteiger partial charge < -0.3 is 14.4 Å². The number of carbonyl (C=O) groups excluding carboxylic acids is 1. The van der Waals surface area contributed by atoms with E-state index in [1.54, 1.807) is 0 Å². The minimum atomic E-state index is -0.530. The molecule has 4 nitrogen and oxygen atoms in total. The molecule has 1 saturated heterocycles. The second-order valence-corrected chi connectivity index (χ2v) is 5.97. The van der Waals surface area contributed by atoms with Crippen LogP contribution in [0.15, 0.2) is 24.3 Å². The summed E-state index contributed by atoms with van der Waals surface area (Å²) in [5, 5.41) is 0.